The van der Waals surface area contributed by atoms with E-state index in [1.54, 1.807) is 0 Å². The molecule has 2 heteroatoms. The molecule has 0 aliphatic heterocycles. The van der Waals surface area contributed by atoms with Gasteiger partial charge in [-0.15, -0.1) is 11.6 Å². The number of alkyl halides is 1. The zero-order valence-corrected chi connectivity index (χ0v) is 11.5. The van der Waals surface area contributed by atoms with Gasteiger partial charge in [0.25, 0.3) is 0 Å². The summed E-state index contributed by atoms with van der Waals surface area (Å²) < 4.78 is 0. The van der Waals surface area contributed by atoms with Crippen LogP contribution in [-0.4, -0.2) is 13.6 Å². The van der Waals surface area contributed by atoms with E-state index in [9.17, 15) is 0 Å². The molecule has 0 aromatic heterocycles. The van der Waals surface area contributed by atoms with Crippen molar-refractivity contribution in [2.45, 2.75) is 33.1 Å². The van der Waals surface area contributed by atoms with Crippen LogP contribution in [0.25, 0.3) is 0 Å². The highest BCUT2D eigenvalue weighted by atomic mass is 35.5. The molecule has 16 heavy (non-hydrogen) atoms. The van der Waals surface area contributed by atoms with Crippen LogP contribution in [-0.2, 0) is 5.88 Å². The van der Waals surface area contributed by atoms with E-state index in [1.165, 1.54) is 23.2 Å². The van der Waals surface area contributed by atoms with Crippen LogP contribution >= 0.6 is 11.6 Å². The van der Waals surface area contributed by atoms with Gasteiger partial charge in [-0.3, -0.25) is 0 Å². The number of nitrogens with zero attached hydrogens (tertiary/aromatic N) is 1. The fourth-order valence-corrected chi connectivity index (χ4v) is 2.10. The van der Waals surface area contributed by atoms with Crippen molar-refractivity contribution in [3.8, 4) is 0 Å². The van der Waals surface area contributed by atoms with Gasteiger partial charge in [0.15, 0.2) is 0 Å². The second-order valence-corrected chi connectivity index (χ2v) is 4.93. The molecule has 0 heterocycles. The summed E-state index contributed by atoms with van der Waals surface area (Å²) in [6.45, 7) is 7.71. The second-order valence-electron chi connectivity index (χ2n) is 4.66. The first-order valence-corrected chi connectivity index (χ1v) is 6.48. The molecule has 1 aromatic carbocycles. The average Bonchev–Trinajstić information content (AvgIpc) is 2.28. The number of halogens is 1. The summed E-state index contributed by atoms with van der Waals surface area (Å²) in [4.78, 5) is 2.31. The molecule has 0 fully saturated rings. The molecule has 0 saturated carbocycles. The van der Waals surface area contributed by atoms with Crippen molar-refractivity contribution in [2.75, 3.05) is 18.5 Å². The fraction of sp³-hybridized carbons (Fsp3) is 0.571. The molecule has 0 aliphatic carbocycles. The minimum absolute atomic E-state index is 0.585. The van der Waals surface area contributed by atoms with Gasteiger partial charge in [-0.25, -0.2) is 0 Å². The summed E-state index contributed by atoms with van der Waals surface area (Å²) in [5, 5.41) is 0. The van der Waals surface area contributed by atoms with Gasteiger partial charge in [-0.2, -0.15) is 0 Å². The van der Waals surface area contributed by atoms with Crippen LogP contribution in [0.5, 0.6) is 0 Å². The van der Waals surface area contributed by atoms with Gasteiger partial charge in [0.05, 0.1) is 0 Å². The number of hydrogen-bond donors (Lipinski definition) is 0. The van der Waals surface area contributed by atoms with E-state index in [0.29, 0.717) is 5.88 Å². The Morgan fingerprint density at radius 2 is 2.06 bits per heavy atom. The Hall–Kier alpha value is -0.690. The minimum Gasteiger partial charge on any atom is -0.374 e. The highest BCUT2D eigenvalue weighted by Gasteiger charge is 2.09. The second kappa shape index (κ2) is 6.15. The summed E-state index contributed by atoms with van der Waals surface area (Å²) in [6.07, 6.45) is 1.21. The molecule has 0 N–H and O–H groups in total. The van der Waals surface area contributed by atoms with E-state index >= 15 is 0 Å². The Morgan fingerprint density at radius 1 is 1.38 bits per heavy atom. The molecule has 0 amide bonds. The maximum atomic E-state index is 5.99. The van der Waals surface area contributed by atoms with E-state index in [-0.39, 0.29) is 0 Å². The summed E-state index contributed by atoms with van der Waals surface area (Å²) in [7, 11) is 2.15. The first kappa shape index (κ1) is 13.4. The third-order valence-corrected chi connectivity index (χ3v) is 3.36. The molecule has 0 radical (unpaired) electrons. The summed E-state index contributed by atoms with van der Waals surface area (Å²) >= 11 is 5.99. The van der Waals surface area contributed by atoms with Crippen LogP contribution < -0.4 is 4.90 Å². The molecular formula is C14H22ClN. The van der Waals surface area contributed by atoms with Crippen molar-refractivity contribution in [1.82, 2.24) is 0 Å². The number of rotatable bonds is 5. The molecule has 90 valence electrons. The Bertz CT molecular complexity index is 336. The number of hydrogen-bond acceptors (Lipinski definition) is 1. The lowest BCUT2D eigenvalue weighted by Gasteiger charge is -2.25. The van der Waals surface area contributed by atoms with E-state index in [4.69, 9.17) is 11.6 Å². The highest BCUT2D eigenvalue weighted by Crippen LogP contribution is 2.23. The third kappa shape index (κ3) is 3.41. The molecule has 0 aliphatic rings. The minimum atomic E-state index is 0.585. The van der Waals surface area contributed by atoms with Gasteiger partial charge in [-0.1, -0.05) is 38.0 Å². The lowest BCUT2D eigenvalue weighted by atomic mass is 10.1. The van der Waals surface area contributed by atoms with Gasteiger partial charge >= 0.3 is 0 Å². The van der Waals surface area contributed by atoms with Crippen molar-refractivity contribution >= 4 is 17.3 Å². The zero-order chi connectivity index (χ0) is 12.1. The van der Waals surface area contributed by atoms with Crippen LogP contribution in [0.2, 0.25) is 0 Å². The van der Waals surface area contributed by atoms with Crippen LogP contribution in [0, 0.1) is 12.8 Å². The predicted octanol–water partition coefficient (Wildman–Crippen LogP) is 4.22. The van der Waals surface area contributed by atoms with Crippen LogP contribution in [0.1, 0.15) is 31.4 Å². The smallest absolute Gasteiger partial charge is 0.0494 e. The molecule has 1 nitrogen and oxygen atoms in total. The molecule has 0 spiro atoms. The number of aryl methyl sites for hydroxylation is 1. The standard InChI is InChI=1S/C14H22ClN/c1-5-11(2)10-16(4)14-7-6-12(3)8-13(14)9-15/h6-8,11H,5,9-10H2,1-4H3. The molecule has 0 bridgehead atoms. The molecule has 1 unspecified atom stereocenters. The van der Waals surface area contributed by atoms with Crippen molar-refractivity contribution in [2.24, 2.45) is 5.92 Å². The largest absolute Gasteiger partial charge is 0.374 e. The Labute approximate surface area is 104 Å². The number of anilines is 1. The molecule has 1 aromatic rings. The first-order valence-electron chi connectivity index (χ1n) is 5.95. The maximum absolute atomic E-state index is 5.99. The monoisotopic (exact) mass is 239 g/mol. The van der Waals surface area contributed by atoms with Crippen LogP contribution in [0.15, 0.2) is 18.2 Å². The topological polar surface area (TPSA) is 3.24 Å². The van der Waals surface area contributed by atoms with Crippen molar-refractivity contribution in [3.05, 3.63) is 29.3 Å². The van der Waals surface area contributed by atoms with E-state index < -0.39 is 0 Å². The average molecular weight is 240 g/mol. The van der Waals surface area contributed by atoms with E-state index in [2.05, 4.69) is 50.9 Å². The quantitative estimate of drug-likeness (QED) is 0.696. The zero-order valence-electron chi connectivity index (χ0n) is 10.8. The van der Waals surface area contributed by atoms with Crippen LogP contribution in [0.3, 0.4) is 0 Å². The SMILES string of the molecule is CCC(C)CN(C)c1ccc(C)cc1CCl. The van der Waals surface area contributed by atoms with Gasteiger partial charge in [0, 0.05) is 25.2 Å². The van der Waals surface area contributed by atoms with Crippen LogP contribution in [0.4, 0.5) is 5.69 Å². The third-order valence-electron chi connectivity index (χ3n) is 3.07. The van der Waals surface area contributed by atoms with Gasteiger partial charge in [-0.05, 0) is 24.5 Å². The lowest BCUT2D eigenvalue weighted by Crippen LogP contribution is -2.24. The summed E-state index contributed by atoms with van der Waals surface area (Å²) in [5.74, 6) is 1.30. The van der Waals surface area contributed by atoms with Gasteiger partial charge < -0.3 is 4.90 Å². The Kier molecular flexibility index (Phi) is 5.14. The van der Waals surface area contributed by atoms with E-state index in [0.717, 1.165) is 12.5 Å². The first-order chi connectivity index (χ1) is 7.58. The van der Waals surface area contributed by atoms with E-state index in [1.807, 2.05) is 0 Å². The Morgan fingerprint density at radius 3 is 2.62 bits per heavy atom. The highest BCUT2D eigenvalue weighted by molar-refractivity contribution is 6.17. The molecular weight excluding hydrogens is 218 g/mol. The summed E-state index contributed by atoms with van der Waals surface area (Å²) in [6, 6.07) is 6.50. The molecule has 0 saturated heterocycles. The van der Waals surface area contributed by atoms with Gasteiger partial charge in [0.2, 0.25) is 0 Å². The van der Waals surface area contributed by atoms with Gasteiger partial charge in [0.1, 0.15) is 0 Å². The predicted molar refractivity (Wildman–Crippen MR) is 73.5 cm³/mol. The summed E-state index contributed by atoms with van der Waals surface area (Å²) in [5.41, 5.74) is 3.77. The normalized spacial score (nSPS) is 12.6. The molecule has 1 rings (SSSR count). The lowest BCUT2D eigenvalue weighted by molar-refractivity contribution is 0.559. The number of benzene rings is 1. The Balaban J connectivity index is 2.85. The maximum Gasteiger partial charge on any atom is 0.0494 e. The molecule has 1 atom stereocenters. The fourth-order valence-electron chi connectivity index (χ4n) is 1.89. The van der Waals surface area contributed by atoms with Crippen molar-refractivity contribution in [3.63, 3.8) is 0 Å². The van der Waals surface area contributed by atoms with Crippen molar-refractivity contribution < 1.29 is 0 Å². The van der Waals surface area contributed by atoms with Crippen molar-refractivity contribution in [1.29, 1.82) is 0 Å².